The molecule has 0 spiro atoms. The Morgan fingerprint density at radius 2 is 1.50 bits per heavy atom. The third-order valence-corrected chi connectivity index (χ3v) is 3.74. The molecule has 0 heterocycles. The minimum absolute atomic E-state index is 0.355. The van der Waals surface area contributed by atoms with Crippen LogP contribution in [0.3, 0.4) is 0 Å². The topological polar surface area (TPSA) is 29.1 Å². The Balaban J connectivity index is 1.87. The molecule has 1 N–H and O–H groups in total. The quantitative estimate of drug-likeness (QED) is 0.616. The van der Waals surface area contributed by atoms with Crippen LogP contribution in [0.25, 0.3) is 10.8 Å². The number of halogens is 2. The van der Waals surface area contributed by atoms with Crippen molar-refractivity contribution in [2.24, 2.45) is 0 Å². The van der Waals surface area contributed by atoms with E-state index in [0.29, 0.717) is 11.3 Å². The van der Waals surface area contributed by atoms with Crippen molar-refractivity contribution in [2.75, 3.05) is 5.32 Å². The Morgan fingerprint density at radius 3 is 2.25 bits per heavy atom. The summed E-state index contributed by atoms with van der Waals surface area (Å²) >= 11 is 0. The van der Waals surface area contributed by atoms with Gasteiger partial charge in [0.25, 0.3) is 6.08 Å². The lowest BCUT2D eigenvalue weighted by molar-refractivity contribution is 0.0991. The number of hydrogen-bond acceptors (Lipinski definition) is 2. The largest absolute Gasteiger partial charge is 0.354 e. The second-order valence-electron chi connectivity index (χ2n) is 5.36. The van der Waals surface area contributed by atoms with Gasteiger partial charge in [0.05, 0.1) is 12.1 Å². The SMILES string of the molecule is O=C(CC(Nc1cccc2ccccc12)=C(F)F)c1ccccc1. The molecule has 0 radical (unpaired) electrons. The zero-order valence-electron chi connectivity index (χ0n) is 12.8. The zero-order chi connectivity index (χ0) is 16.9. The maximum Gasteiger partial charge on any atom is 0.289 e. The third-order valence-electron chi connectivity index (χ3n) is 3.74. The molecule has 120 valence electrons. The number of fused-ring (bicyclic) bond motifs is 1. The smallest absolute Gasteiger partial charge is 0.289 e. The van der Waals surface area contributed by atoms with E-state index < -0.39 is 6.08 Å². The molecule has 0 aliphatic rings. The van der Waals surface area contributed by atoms with Crippen LogP contribution < -0.4 is 5.32 Å². The Hall–Kier alpha value is -3.01. The van der Waals surface area contributed by atoms with Crippen molar-refractivity contribution < 1.29 is 13.6 Å². The summed E-state index contributed by atoms with van der Waals surface area (Å²) in [7, 11) is 0. The number of ketones is 1. The molecule has 0 fully saturated rings. The predicted molar refractivity (Wildman–Crippen MR) is 92.2 cm³/mol. The molecule has 2 nitrogen and oxygen atoms in total. The molecule has 0 aliphatic carbocycles. The molecular formula is C20H15F2NO. The van der Waals surface area contributed by atoms with Gasteiger partial charge in [0, 0.05) is 16.6 Å². The molecule has 4 heteroatoms. The molecule has 3 rings (SSSR count). The predicted octanol–water partition coefficient (Wildman–Crippen LogP) is 5.63. The van der Waals surface area contributed by atoms with Gasteiger partial charge in [-0.05, 0) is 11.5 Å². The van der Waals surface area contributed by atoms with Crippen molar-refractivity contribution in [3.8, 4) is 0 Å². The molecule has 0 saturated heterocycles. The Kier molecular flexibility index (Phi) is 4.66. The number of carbonyl (C=O) groups excluding carboxylic acids is 1. The van der Waals surface area contributed by atoms with Crippen LogP contribution in [0, 0.1) is 0 Å². The van der Waals surface area contributed by atoms with E-state index >= 15 is 0 Å². The van der Waals surface area contributed by atoms with Crippen molar-refractivity contribution in [3.63, 3.8) is 0 Å². The number of rotatable bonds is 5. The maximum atomic E-state index is 13.3. The Labute approximate surface area is 138 Å². The molecule has 0 aliphatic heterocycles. The number of Topliss-reactive ketones (excluding diaryl/α,β-unsaturated/α-hetero) is 1. The molecule has 0 aromatic heterocycles. The molecule has 24 heavy (non-hydrogen) atoms. The number of carbonyl (C=O) groups is 1. The van der Waals surface area contributed by atoms with Crippen molar-refractivity contribution in [2.45, 2.75) is 6.42 Å². The first-order valence-corrected chi connectivity index (χ1v) is 7.52. The summed E-state index contributed by atoms with van der Waals surface area (Å²) in [5.41, 5.74) is 0.591. The van der Waals surface area contributed by atoms with Crippen molar-refractivity contribution in [1.82, 2.24) is 0 Å². The standard InChI is InChI=1S/C20H15F2NO/c21-20(22)18(13-19(24)15-8-2-1-3-9-15)23-17-12-6-10-14-7-4-5-11-16(14)17/h1-12,23H,13H2. The summed E-state index contributed by atoms with van der Waals surface area (Å²) in [6.07, 6.45) is -2.26. The van der Waals surface area contributed by atoms with Crippen LogP contribution in [-0.4, -0.2) is 5.78 Å². The Bertz CT molecular complexity index is 894. The van der Waals surface area contributed by atoms with E-state index in [1.807, 2.05) is 30.3 Å². The van der Waals surface area contributed by atoms with Gasteiger partial charge in [-0.3, -0.25) is 4.79 Å². The molecular weight excluding hydrogens is 308 g/mol. The first kappa shape index (κ1) is 15.9. The van der Waals surface area contributed by atoms with Gasteiger partial charge in [0.1, 0.15) is 0 Å². The average molecular weight is 323 g/mol. The first-order chi connectivity index (χ1) is 11.6. The Morgan fingerprint density at radius 1 is 0.833 bits per heavy atom. The molecule has 0 bridgehead atoms. The minimum Gasteiger partial charge on any atom is -0.354 e. The van der Waals surface area contributed by atoms with Gasteiger partial charge in [-0.25, -0.2) is 0 Å². The monoisotopic (exact) mass is 323 g/mol. The summed E-state index contributed by atoms with van der Waals surface area (Å²) in [5.74, 6) is -0.355. The summed E-state index contributed by atoms with van der Waals surface area (Å²) in [4.78, 5) is 12.2. The van der Waals surface area contributed by atoms with Gasteiger partial charge >= 0.3 is 0 Å². The normalized spacial score (nSPS) is 10.4. The highest BCUT2D eigenvalue weighted by Crippen LogP contribution is 2.26. The second kappa shape index (κ2) is 7.04. The van der Waals surface area contributed by atoms with Crippen LogP contribution in [0.4, 0.5) is 14.5 Å². The van der Waals surface area contributed by atoms with Crippen molar-refractivity contribution >= 4 is 22.2 Å². The second-order valence-corrected chi connectivity index (χ2v) is 5.36. The van der Waals surface area contributed by atoms with Crippen molar-refractivity contribution in [3.05, 3.63) is 90.1 Å². The highest BCUT2D eigenvalue weighted by atomic mass is 19.3. The van der Waals surface area contributed by atoms with Crippen LogP contribution >= 0.6 is 0 Å². The van der Waals surface area contributed by atoms with Gasteiger partial charge in [-0.15, -0.1) is 0 Å². The van der Waals surface area contributed by atoms with E-state index in [0.717, 1.165) is 10.8 Å². The highest BCUT2D eigenvalue weighted by molar-refractivity contribution is 5.99. The molecule has 3 aromatic rings. The first-order valence-electron chi connectivity index (χ1n) is 7.52. The molecule has 0 amide bonds. The molecule has 0 unspecified atom stereocenters. The van der Waals surface area contributed by atoms with Crippen molar-refractivity contribution in [1.29, 1.82) is 0 Å². The van der Waals surface area contributed by atoms with Crippen LogP contribution in [0.1, 0.15) is 16.8 Å². The summed E-state index contributed by atoms with van der Waals surface area (Å²) in [6, 6.07) is 21.3. The number of benzene rings is 3. The van der Waals surface area contributed by atoms with E-state index in [9.17, 15) is 13.6 Å². The molecule has 0 saturated carbocycles. The van der Waals surface area contributed by atoms with Crippen LogP contribution in [0.2, 0.25) is 0 Å². The van der Waals surface area contributed by atoms with Gasteiger partial charge in [-0.1, -0.05) is 66.7 Å². The van der Waals surface area contributed by atoms with E-state index in [4.69, 9.17) is 0 Å². The van der Waals surface area contributed by atoms with Crippen LogP contribution in [-0.2, 0) is 0 Å². The average Bonchev–Trinajstić information content (AvgIpc) is 2.62. The van der Waals surface area contributed by atoms with E-state index in [-0.39, 0.29) is 17.9 Å². The molecule has 0 atom stereocenters. The fraction of sp³-hybridized carbons (Fsp3) is 0.0500. The molecule has 3 aromatic carbocycles. The van der Waals surface area contributed by atoms with E-state index in [2.05, 4.69) is 5.32 Å². The van der Waals surface area contributed by atoms with E-state index in [1.54, 1.807) is 42.5 Å². The zero-order valence-corrected chi connectivity index (χ0v) is 12.8. The number of hydrogen-bond donors (Lipinski definition) is 1. The van der Waals surface area contributed by atoms with Crippen LogP contribution in [0.15, 0.2) is 84.6 Å². The number of nitrogens with one attached hydrogen (secondary N) is 1. The summed E-state index contributed by atoms with van der Waals surface area (Å²) in [6.45, 7) is 0. The van der Waals surface area contributed by atoms with Crippen LogP contribution in [0.5, 0.6) is 0 Å². The van der Waals surface area contributed by atoms with E-state index in [1.165, 1.54) is 0 Å². The summed E-state index contributed by atoms with van der Waals surface area (Å²) in [5, 5.41) is 4.50. The summed E-state index contributed by atoms with van der Waals surface area (Å²) < 4.78 is 26.7. The fourth-order valence-corrected chi connectivity index (χ4v) is 2.54. The number of allylic oxidation sites excluding steroid dienone is 1. The fourth-order valence-electron chi connectivity index (χ4n) is 2.54. The third kappa shape index (κ3) is 3.49. The lowest BCUT2D eigenvalue weighted by Crippen LogP contribution is -2.08. The van der Waals surface area contributed by atoms with Gasteiger partial charge in [-0.2, -0.15) is 8.78 Å². The van der Waals surface area contributed by atoms with Gasteiger partial charge < -0.3 is 5.32 Å². The lowest BCUT2D eigenvalue weighted by atomic mass is 10.1. The number of anilines is 1. The maximum absolute atomic E-state index is 13.3. The van der Waals surface area contributed by atoms with Gasteiger partial charge in [0.2, 0.25) is 0 Å². The highest BCUT2D eigenvalue weighted by Gasteiger charge is 2.15. The van der Waals surface area contributed by atoms with Gasteiger partial charge in [0.15, 0.2) is 5.78 Å². The minimum atomic E-state index is -1.88. The lowest BCUT2D eigenvalue weighted by Gasteiger charge is -2.12.